The quantitative estimate of drug-likeness (QED) is 0.865. The summed E-state index contributed by atoms with van der Waals surface area (Å²) in [5, 5.41) is 6.55. The fraction of sp³-hybridized carbons (Fsp3) is 0.533. The number of rotatable bonds is 3. The van der Waals surface area contributed by atoms with Gasteiger partial charge < -0.3 is 10.2 Å². The van der Waals surface area contributed by atoms with Gasteiger partial charge in [0.05, 0.1) is 5.69 Å². The van der Waals surface area contributed by atoms with Crippen LogP contribution >= 0.6 is 11.3 Å². The number of carbonyl (C=O) groups excluding carboxylic acids is 3. The molecule has 1 aliphatic carbocycles. The number of imide groups is 1. The van der Waals surface area contributed by atoms with Crippen molar-refractivity contribution in [2.45, 2.75) is 37.6 Å². The Morgan fingerprint density at radius 3 is 2.73 bits per heavy atom. The second-order valence-corrected chi connectivity index (χ2v) is 6.68. The third kappa shape index (κ3) is 2.49. The fourth-order valence-corrected chi connectivity index (χ4v) is 3.82. The van der Waals surface area contributed by atoms with Gasteiger partial charge in [-0.15, -0.1) is 0 Å². The van der Waals surface area contributed by atoms with E-state index in [9.17, 15) is 14.4 Å². The van der Waals surface area contributed by atoms with Crippen LogP contribution in [0.1, 0.15) is 32.1 Å². The molecule has 3 rings (SSSR count). The molecule has 1 aromatic heterocycles. The first-order chi connectivity index (χ1) is 10.5. The van der Waals surface area contributed by atoms with E-state index >= 15 is 0 Å². The number of urea groups is 1. The largest absolute Gasteiger partial charge is 0.325 e. The van der Waals surface area contributed by atoms with Crippen molar-refractivity contribution in [1.82, 2.24) is 10.2 Å². The Labute approximate surface area is 133 Å². The second kappa shape index (κ2) is 5.72. The van der Waals surface area contributed by atoms with E-state index in [1.807, 2.05) is 16.8 Å². The summed E-state index contributed by atoms with van der Waals surface area (Å²) in [5.41, 5.74) is 0.00533. The zero-order chi connectivity index (χ0) is 15.7. The molecule has 1 N–H and O–H groups in total. The molecule has 6 nitrogen and oxygen atoms in total. The predicted octanol–water partition coefficient (Wildman–Crippen LogP) is 1.97. The molecule has 0 unspecified atom stereocenters. The van der Waals surface area contributed by atoms with E-state index in [1.165, 1.54) is 16.2 Å². The third-order valence-corrected chi connectivity index (χ3v) is 5.18. The van der Waals surface area contributed by atoms with Gasteiger partial charge in [-0.1, -0.05) is 19.3 Å². The van der Waals surface area contributed by atoms with Crippen LogP contribution in [0.3, 0.4) is 0 Å². The summed E-state index contributed by atoms with van der Waals surface area (Å²) in [6.45, 7) is -0.210. The lowest BCUT2D eigenvalue weighted by molar-refractivity contribution is -0.135. The van der Waals surface area contributed by atoms with Crippen molar-refractivity contribution in [2.75, 3.05) is 18.5 Å². The van der Waals surface area contributed by atoms with Crippen molar-refractivity contribution < 1.29 is 14.4 Å². The van der Waals surface area contributed by atoms with Gasteiger partial charge >= 0.3 is 6.03 Å². The number of nitrogens with one attached hydrogen (secondary N) is 1. The summed E-state index contributed by atoms with van der Waals surface area (Å²) in [6, 6.07) is 1.39. The average molecular weight is 321 g/mol. The molecule has 0 bridgehead atoms. The van der Waals surface area contributed by atoms with E-state index < -0.39 is 11.6 Å². The lowest BCUT2D eigenvalue weighted by atomic mass is 9.82. The molecular weight excluding hydrogens is 302 g/mol. The number of carbonyl (C=O) groups is 3. The zero-order valence-electron chi connectivity index (χ0n) is 12.5. The van der Waals surface area contributed by atoms with Gasteiger partial charge in [0.1, 0.15) is 12.1 Å². The van der Waals surface area contributed by atoms with Crippen LogP contribution in [0, 0.1) is 0 Å². The number of anilines is 1. The Morgan fingerprint density at radius 2 is 2.09 bits per heavy atom. The van der Waals surface area contributed by atoms with Crippen molar-refractivity contribution in [3.8, 4) is 0 Å². The lowest BCUT2D eigenvalue weighted by Crippen LogP contribution is -2.49. The summed E-state index contributed by atoms with van der Waals surface area (Å²) >= 11 is 1.49. The van der Waals surface area contributed by atoms with Crippen LogP contribution in [0.4, 0.5) is 10.5 Å². The third-order valence-electron chi connectivity index (χ3n) is 4.51. The Kier molecular flexibility index (Phi) is 3.90. The predicted molar refractivity (Wildman–Crippen MR) is 83.8 cm³/mol. The van der Waals surface area contributed by atoms with Crippen molar-refractivity contribution in [2.24, 2.45) is 0 Å². The van der Waals surface area contributed by atoms with E-state index in [2.05, 4.69) is 5.32 Å². The van der Waals surface area contributed by atoms with Crippen LogP contribution in [0.15, 0.2) is 16.8 Å². The number of hydrogen-bond donors (Lipinski definition) is 1. The molecule has 4 amide bonds. The molecule has 118 valence electrons. The first-order valence-electron chi connectivity index (χ1n) is 7.46. The summed E-state index contributed by atoms with van der Waals surface area (Å²) in [7, 11) is 1.65. The number of likely N-dealkylation sites (N-methyl/N-ethyl adjacent to an activating group) is 1. The summed E-state index contributed by atoms with van der Waals surface area (Å²) in [5.74, 6) is -0.515. The van der Waals surface area contributed by atoms with Gasteiger partial charge in [-0.3, -0.25) is 14.5 Å². The molecule has 0 aromatic carbocycles. The Bertz CT molecular complexity index is 593. The standard InChI is InChI=1S/C15H19N3O3S/c1-17(11-5-8-22-10-11)12(19)9-18-13(20)15(16-14(18)21)6-3-2-4-7-15/h5,8,10H,2-4,6-7,9H2,1H3,(H,16,21). The van der Waals surface area contributed by atoms with Crippen molar-refractivity contribution >= 4 is 34.9 Å². The lowest BCUT2D eigenvalue weighted by Gasteiger charge is -2.30. The maximum atomic E-state index is 12.6. The Hall–Kier alpha value is -1.89. The fourth-order valence-electron chi connectivity index (χ4n) is 3.15. The molecule has 1 aliphatic heterocycles. The van der Waals surface area contributed by atoms with Crippen molar-refractivity contribution in [3.63, 3.8) is 0 Å². The average Bonchev–Trinajstić information content (AvgIpc) is 3.11. The van der Waals surface area contributed by atoms with E-state index in [4.69, 9.17) is 0 Å². The molecule has 2 heterocycles. The zero-order valence-corrected chi connectivity index (χ0v) is 13.3. The molecule has 1 aromatic rings. The molecule has 1 saturated carbocycles. The van der Waals surface area contributed by atoms with Crippen LogP contribution in [0.25, 0.3) is 0 Å². The van der Waals surface area contributed by atoms with E-state index in [1.54, 1.807) is 7.05 Å². The number of thiophene rings is 1. The molecule has 7 heteroatoms. The molecule has 2 aliphatic rings. The molecule has 1 saturated heterocycles. The smallest absolute Gasteiger partial charge is 0.323 e. The topological polar surface area (TPSA) is 69.7 Å². The Morgan fingerprint density at radius 1 is 1.36 bits per heavy atom. The van der Waals surface area contributed by atoms with Gasteiger partial charge in [0.15, 0.2) is 0 Å². The van der Waals surface area contributed by atoms with Crippen molar-refractivity contribution in [3.05, 3.63) is 16.8 Å². The SMILES string of the molecule is CN(C(=O)CN1C(=O)NC2(CCCCC2)C1=O)c1ccsc1. The van der Waals surface area contributed by atoms with Gasteiger partial charge in [0.2, 0.25) is 5.91 Å². The first-order valence-corrected chi connectivity index (χ1v) is 8.41. The van der Waals surface area contributed by atoms with Crippen LogP contribution in [-0.4, -0.2) is 41.9 Å². The normalized spacial score (nSPS) is 20.3. The Balaban J connectivity index is 1.71. The minimum atomic E-state index is -0.767. The molecule has 0 atom stereocenters. The van der Waals surface area contributed by atoms with Gasteiger partial charge in [-0.25, -0.2) is 4.79 Å². The highest BCUT2D eigenvalue weighted by molar-refractivity contribution is 7.08. The summed E-state index contributed by atoms with van der Waals surface area (Å²) < 4.78 is 0. The van der Waals surface area contributed by atoms with E-state index in [0.29, 0.717) is 12.8 Å². The highest BCUT2D eigenvalue weighted by Crippen LogP contribution is 2.33. The molecule has 2 fully saturated rings. The minimum Gasteiger partial charge on any atom is -0.323 e. The molecule has 0 radical (unpaired) electrons. The van der Waals surface area contributed by atoms with Gasteiger partial charge in [-0.05, 0) is 24.3 Å². The highest BCUT2D eigenvalue weighted by atomic mass is 32.1. The van der Waals surface area contributed by atoms with Crippen LogP contribution in [0.5, 0.6) is 0 Å². The number of hydrogen-bond acceptors (Lipinski definition) is 4. The maximum Gasteiger partial charge on any atom is 0.325 e. The van der Waals surface area contributed by atoms with Gasteiger partial charge in [-0.2, -0.15) is 11.3 Å². The van der Waals surface area contributed by atoms with Crippen molar-refractivity contribution in [1.29, 1.82) is 0 Å². The summed E-state index contributed by atoms with van der Waals surface area (Å²) in [6.07, 6.45) is 4.29. The highest BCUT2D eigenvalue weighted by Gasteiger charge is 2.51. The van der Waals surface area contributed by atoms with Crippen LogP contribution in [0.2, 0.25) is 0 Å². The molecule has 1 spiro atoms. The number of nitrogens with zero attached hydrogens (tertiary/aromatic N) is 2. The van der Waals surface area contributed by atoms with Gasteiger partial charge in [0.25, 0.3) is 5.91 Å². The van der Waals surface area contributed by atoms with Crippen LogP contribution in [-0.2, 0) is 9.59 Å². The molecule has 22 heavy (non-hydrogen) atoms. The molecular formula is C15H19N3O3S. The monoisotopic (exact) mass is 321 g/mol. The second-order valence-electron chi connectivity index (χ2n) is 5.90. The minimum absolute atomic E-state index is 0.210. The maximum absolute atomic E-state index is 12.6. The van der Waals surface area contributed by atoms with Gasteiger partial charge in [0, 0.05) is 12.4 Å². The number of amides is 4. The van der Waals surface area contributed by atoms with Crippen LogP contribution < -0.4 is 10.2 Å². The van der Waals surface area contributed by atoms with E-state index in [0.717, 1.165) is 29.8 Å². The van der Waals surface area contributed by atoms with E-state index in [-0.39, 0.29) is 18.4 Å². The first kappa shape index (κ1) is 15.0. The summed E-state index contributed by atoms with van der Waals surface area (Å²) in [4.78, 5) is 39.6.